The lowest BCUT2D eigenvalue weighted by Gasteiger charge is -2.13. The number of benzene rings is 1. The van der Waals surface area contributed by atoms with Crippen LogP contribution in [0.5, 0.6) is 11.5 Å². The van der Waals surface area contributed by atoms with Crippen molar-refractivity contribution in [3.05, 3.63) is 40.8 Å². The number of nitrogens with zero attached hydrogens (tertiary/aromatic N) is 2. The minimum Gasteiger partial charge on any atom is -0.494 e. The Morgan fingerprint density at radius 1 is 1.48 bits per heavy atom. The van der Waals surface area contributed by atoms with Crippen molar-refractivity contribution < 1.29 is 14.3 Å². The molecule has 0 spiro atoms. The van der Waals surface area contributed by atoms with E-state index < -0.39 is 0 Å². The molecular formula is C20H22N4O3S2. The highest BCUT2D eigenvalue weighted by molar-refractivity contribution is 7.99. The van der Waals surface area contributed by atoms with Gasteiger partial charge in [0, 0.05) is 24.1 Å². The number of carbonyl (C=O) groups is 1. The summed E-state index contributed by atoms with van der Waals surface area (Å²) < 4.78 is 11.6. The highest BCUT2D eigenvalue weighted by Crippen LogP contribution is 2.35. The SMILES string of the molecule is CCOc1cc2c(cc1CNC(=O)CSc1n[nH]c(-c3cccs3)n1)O[C@H](C)C2. The van der Waals surface area contributed by atoms with Crippen LogP contribution in [0.3, 0.4) is 0 Å². The summed E-state index contributed by atoms with van der Waals surface area (Å²) in [6.45, 7) is 4.95. The van der Waals surface area contributed by atoms with Crippen LogP contribution in [0.4, 0.5) is 0 Å². The van der Waals surface area contributed by atoms with Gasteiger partial charge in [-0.2, -0.15) is 0 Å². The van der Waals surface area contributed by atoms with Crippen molar-refractivity contribution in [3.63, 3.8) is 0 Å². The fourth-order valence-electron chi connectivity index (χ4n) is 3.12. The van der Waals surface area contributed by atoms with Gasteiger partial charge in [-0.05, 0) is 37.4 Å². The van der Waals surface area contributed by atoms with Gasteiger partial charge < -0.3 is 14.8 Å². The maximum Gasteiger partial charge on any atom is 0.230 e. The first-order valence-corrected chi connectivity index (χ1v) is 11.3. The highest BCUT2D eigenvalue weighted by Gasteiger charge is 2.22. The average molecular weight is 431 g/mol. The molecule has 29 heavy (non-hydrogen) atoms. The molecular weight excluding hydrogens is 408 g/mol. The quantitative estimate of drug-likeness (QED) is 0.530. The van der Waals surface area contributed by atoms with Crippen LogP contribution in [0, 0.1) is 0 Å². The Kier molecular flexibility index (Phi) is 6.05. The molecule has 1 aliphatic rings. The summed E-state index contributed by atoms with van der Waals surface area (Å²) in [4.78, 5) is 17.7. The molecule has 2 N–H and O–H groups in total. The molecule has 0 saturated heterocycles. The Hall–Kier alpha value is -2.52. The number of hydrogen-bond acceptors (Lipinski definition) is 7. The summed E-state index contributed by atoms with van der Waals surface area (Å²) in [6, 6.07) is 7.94. The second-order valence-electron chi connectivity index (χ2n) is 6.64. The topological polar surface area (TPSA) is 89.1 Å². The molecule has 3 aromatic rings. The van der Waals surface area contributed by atoms with Crippen LogP contribution >= 0.6 is 23.1 Å². The molecule has 7 nitrogen and oxygen atoms in total. The number of fused-ring (bicyclic) bond motifs is 1. The van der Waals surface area contributed by atoms with Crippen molar-refractivity contribution in [1.82, 2.24) is 20.5 Å². The highest BCUT2D eigenvalue weighted by atomic mass is 32.2. The van der Waals surface area contributed by atoms with Crippen molar-refractivity contribution in [1.29, 1.82) is 0 Å². The third-order valence-electron chi connectivity index (χ3n) is 4.41. The molecule has 0 radical (unpaired) electrons. The number of carbonyl (C=O) groups excluding carboxylic acids is 1. The first-order valence-electron chi connectivity index (χ1n) is 9.43. The predicted molar refractivity (Wildman–Crippen MR) is 114 cm³/mol. The Labute approximate surface area is 177 Å². The Balaban J connectivity index is 1.33. The summed E-state index contributed by atoms with van der Waals surface area (Å²) in [5, 5.41) is 12.6. The molecule has 9 heteroatoms. The predicted octanol–water partition coefficient (Wildman–Crippen LogP) is 3.66. The average Bonchev–Trinajstić information content (AvgIpc) is 3.44. The van der Waals surface area contributed by atoms with E-state index in [-0.39, 0.29) is 17.8 Å². The molecule has 3 heterocycles. The van der Waals surface area contributed by atoms with E-state index in [4.69, 9.17) is 9.47 Å². The number of thioether (sulfide) groups is 1. The van der Waals surface area contributed by atoms with E-state index in [0.717, 1.165) is 39.7 Å². The van der Waals surface area contributed by atoms with Gasteiger partial charge in [0.25, 0.3) is 0 Å². The van der Waals surface area contributed by atoms with Gasteiger partial charge in [-0.15, -0.1) is 16.4 Å². The van der Waals surface area contributed by atoms with E-state index in [1.165, 1.54) is 11.8 Å². The van der Waals surface area contributed by atoms with Gasteiger partial charge in [0.2, 0.25) is 11.1 Å². The second kappa shape index (κ2) is 8.87. The number of thiophene rings is 1. The van der Waals surface area contributed by atoms with Crippen LogP contribution in [0.1, 0.15) is 25.0 Å². The number of ether oxygens (including phenoxy) is 2. The Morgan fingerprint density at radius 2 is 2.38 bits per heavy atom. The molecule has 1 amide bonds. The zero-order valence-electron chi connectivity index (χ0n) is 16.2. The van der Waals surface area contributed by atoms with Crippen LogP contribution in [0.2, 0.25) is 0 Å². The van der Waals surface area contributed by atoms with Crippen molar-refractivity contribution in [2.24, 2.45) is 0 Å². The van der Waals surface area contributed by atoms with Gasteiger partial charge in [-0.1, -0.05) is 17.8 Å². The van der Waals surface area contributed by atoms with Crippen molar-refractivity contribution in [3.8, 4) is 22.2 Å². The largest absolute Gasteiger partial charge is 0.494 e. The van der Waals surface area contributed by atoms with Gasteiger partial charge in [0.05, 0.1) is 17.2 Å². The maximum atomic E-state index is 12.3. The molecule has 0 bridgehead atoms. The molecule has 0 unspecified atom stereocenters. The van der Waals surface area contributed by atoms with E-state index >= 15 is 0 Å². The Morgan fingerprint density at radius 3 is 3.17 bits per heavy atom. The minimum absolute atomic E-state index is 0.0882. The lowest BCUT2D eigenvalue weighted by molar-refractivity contribution is -0.118. The molecule has 1 aliphatic heterocycles. The van der Waals surface area contributed by atoms with Gasteiger partial charge in [0.1, 0.15) is 17.6 Å². The van der Waals surface area contributed by atoms with E-state index in [1.54, 1.807) is 11.3 Å². The standard InChI is InChI=1S/C20H22N4O3S2/c1-3-26-15-8-13-7-12(2)27-16(13)9-14(15)10-21-18(25)11-29-20-22-19(23-24-20)17-5-4-6-28-17/h4-6,8-9,12H,3,7,10-11H2,1-2H3,(H,21,25)(H,22,23,24)/t12-/m1/s1. The van der Waals surface area contributed by atoms with E-state index in [2.05, 4.69) is 20.5 Å². The molecule has 2 aromatic heterocycles. The minimum atomic E-state index is -0.0882. The molecule has 152 valence electrons. The summed E-state index contributed by atoms with van der Waals surface area (Å²) in [5.74, 6) is 2.55. The summed E-state index contributed by atoms with van der Waals surface area (Å²) >= 11 is 2.89. The number of rotatable bonds is 8. The van der Waals surface area contributed by atoms with Crippen molar-refractivity contribution >= 4 is 29.0 Å². The smallest absolute Gasteiger partial charge is 0.230 e. The number of amides is 1. The zero-order valence-corrected chi connectivity index (χ0v) is 17.9. The third kappa shape index (κ3) is 4.73. The number of nitrogens with one attached hydrogen (secondary N) is 2. The van der Waals surface area contributed by atoms with Gasteiger partial charge >= 0.3 is 0 Å². The van der Waals surface area contributed by atoms with Gasteiger partial charge in [-0.25, -0.2) is 4.98 Å². The fourth-order valence-corrected chi connectivity index (χ4v) is 4.41. The van der Waals surface area contributed by atoms with Crippen LogP contribution < -0.4 is 14.8 Å². The van der Waals surface area contributed by atoms with Gasteiger partial charge in [0.15, 0.2) is 5.82 Å². The molecule has 0 saturated carbocycles. The van der Waals surface area contributed by atoms with Crippen LogP contribution in [-0.2, 0) is 17.8 Å². The maximum absolute atomic E-state index is 12.3. The number of H-pyrrole nitrogens is 1. The fraction of sp³-hybridized carbons (Fsp3) is 0.350. The van der Waals surface area contributed by atoms with Gasteiger partial charge in [-0.3, -0.25) is 9.89 Å². The van der Waals surface area contributed by atoms with E-state index in [0.29, 0.717) is 18.3 Å². The normalized spacial score (nSPS) is 15.0. The van der Waals surface area contributed by atoms with Crippen molar-refractivity contribution in [2.75, 3.05) is 12.4 Å². The Bertz CT molecular complexity index is 988. The lowest BCUT2D eigenvalue weighted by atomic mass is 10.1. The lowest BCUT2D eigenvalue weighted by Crippen LogP contribution is -2.25. The van der Waals surface area contributed by atoms with Crippen LogP contribution in [0.15, 0.2) is 34.8 Å². The second-order valence-corrected chi connectivity index (χ2v) is 8.53. The van der Waals surface area contributed by atoms with Crippen molar-refractivity contribution in [2.45, 2.75) is 38.1 Å². The molecule has 0 fully saturated rings. The number of aromatic nitrogens is 3. The first kappa shape index (κ1) is 19.8. The van der Waals surface area contributed by atoms with Crippen LogP contribution in [0.25, 0.3) is 10.7 Å². The summed E-state index contributed by atoms with van der Waals surface area (Å²) in [6.07, 6.45) is 1.05. The molecule has 1 aromatic carbocycles. The zero-order chi connectivity index (χ0) is 20.2. The number of hydrogen-bond donors (Lipinski definition) is 2. The van der Waals surface area contributed by atoms with E-state index in [9.17, 15) is 4.79 Å². The first-order chi connectivity index (χ1) is 14.1. The summed E-state index contributed by atoms with van der Waals surface area (Å²) in [5.41, 5.74) is 2.06. The third-order valence-corrected chi connectivity index (χ3v) is 6.13. The molecule has 4 rings (SSSR count). The number of aromatic amines is 1. The van der Waals surface area contributed by atoms with Crippen LogP contribution in [-0.4, -0.2) is 39.6 Å². The molecule has 0 aliphatic carbocycles. The molecule has 1 atom stereocenters. The summed E-state index contributed by atoms with van der Waals surface area (Å²) in [7, 11) is 0. The van der Waals surface area contributed by atoms with E-state index in [1.807, 2.05) is 43.5 Å². The monoisotopic (exact) mass is 430 g/mol.